The fraction of sp³-hybridized carbons (Fsp3) is 0.483. The quantitative estimate of drug-likeness (QED) is 0.543. The number of carbonyl (C=O) groups excluding carboxylic acids is 2. The van der Waals surface area contributed by atoms with Crippen molar-refractivity contribution in [3.8, 4) is 0 Å². The smallest absolute Gasteiger partial charge is 0.263 e. The van der Waals surface area contributed by atoms with Crippen LogP contribution in [0.2, 0.25) is 0 Å². The number of hydrogen-bond donors (Lipinski definition) is 1. The molecule has 1 fully saturated rings. The zero-order valence-corrected chi connectivity index (χ0v) is 23.1. The standard InChI is InChI=1S/C29H37N7O3/c1-29(2,3)22-9-7-20(8-10-22)15-34-16-21-14-26(37)30-11-13-33(4)27(38)24-6-5-12-35(28(24)39)17-23-18-36(32-31-23)25(21)19-34/h5-10,12,18,21,25H,11,13-17,19H2,1-4H3,(H,30,37)/t21-,25+/m0/s1. The van der Waals surface area contributed by atoms with Gasteiger partial charge >= 0.3 is 0 Å². The molecule has 3 aromatic rings. The first kappa shape index (κ1) is 26.8. The maximum Gasteiger partial charge on any atom is 0.263 e. The van der Waals surface area contributed by atoms with Gasteiger partial charge in [0, 0.05) is 58.3 Å². The van der Waals surface area contributed by atoms with Crippen molar-refractivity contribution >= 4 is 11.8 Å². The average Bonchev–Trinajstić information content (AvgIpc) is 3.50. The lowest BCUT2D eigenvalue weighted by Crippen LogP contribution is -2.39. The summed E-state index contributed by atoms with van der Waals surface area (Å²) in [4.78, 5) is 42.7. The molecule has 10 nitrogen and oxygen atoms in total. The maximum atomic E-state index is 13.0. The van der Waals surface area contributed by atoms with Gasteiger partial charge in [-0.2, -0.15) is 0 Å². The minimum atomic E-state index is -0.374. The Labute approximate surface area is 228 Å². The second-order valence-electron chi connectivity index (χ2n) is 11.8. The molecule has 2 aliphatic rings. The molecular formula is C29H37N7O3. The number of nitrogens with one attached hydrogen (secondary N) is 1. The third-order valence-electron chi connectivity index (χ3n) is 7.75. The Hall–Kier alpha value is -3.79. The van der Waals surface area contributed by atoms with Gasteiger partial charge in [-0.3, -0.25) is 19.3 Å². The van der Waals surface area contributed by atoms with E-state index in [0.29, 0.717) is 25.2 Å². The summed E-state index contributed by atoms with van der Waals surface area (Å²) >= 11 is 0. The summed E-state index contributed by atoms with van der Waals surface area (Å²) in [6.07, 6.45) is 3.87. The number of likely N-dealkylation sites (N-methyl/N-ethyl adjacent to an activating group) is 1. The molecule has 0 aliphatic carbocycles. The van der Waals surface area contributed by atoms with E-state index in [0.717, 1.165) is 19.6 Å². The van der Waals surface area contributed by atoms with E-state index in [1.165, 1.54) is 26.7 Å². The summed E-state index contributed by atoms with van der Waals surface area (Å²) in [6.45, 7) is 9.76. The lowest BCUT2D eigenvalue weighted by molar-refractivity contribution is -0.122. The molecule has 0 unspecified atom stereocenters. The molecule has 0 radical (unpaired) electrons. The molecular weight excluding hydrogens is 494 g/mol. The Morgan fingerprint density at radius 1 is 1.05 bits per heavy atom. The highest BCUT2D eigenvalue weighted by molar-refractivity contribution is 5.93. The number of hydrogen-bond acceptors (Lipinski definition) is 6. The number of amides is 2. The lowest BCUT2D eigenvalue weighted by Gasteiger charge is -2.20. The van der Waals surface area contributed by atoms with Crippen molar-refractivity contribution in [2.24, 2.45) is 5.92 Å². The second kappa shape index (κ2) is 10.8. The van der Waals surface area contributed by atoms with Gasteiger partial charge in [-0.15, -0.1) is 5.10 Å². The normalized spacial score (nSPS) is 21.1. The first-order valence-corrected chi connectivity index (χ1v) is 13.5. The topological polar surface area (TPSA) is 105 Å². The van der Waals surface area contributed by atoms with Crippen molar-refractivity contribution in [3.63, 3.8) is 0 Å². The van der Waals surface area contributed by atoms with Gasteiger partial charge in [-0.25, -0.2) is 4.68 Å². The van der Waals surface area contributed by atoms with Gasteiger partial charge in [0.1, 0.15) is 11.3 Å². The molecule has 0 spiro atoms. The third-order valence-corrected chi connectivity index (χ3v) is 7.75. The Morgan fingerprint density at radius 3 is 2.56 bits per heavy atom. The molecule has 4 bridgehead atoms. The summed E-state index contributed by atoms with van der Waals surface area (Å²) in [5.74, 6) is -0.384. The van der Waals surface area contributed by atoms with E-state index >= 15 is 0 Å². The third kappa shape index (κ3) is 5.95. The average molecular weight is 532 g/mol. The first-order chi connectivity index (χ1) is 18.6. The van der Waals surface area contributed by atoms with Gasteiger partial charge in [0.05, 0.1) is 18.8 Å². The van der Waals surface area contributed by atoms with Gasteiger partial charge < -0.3 is 14.8 Å². The Balaban J connectivity index is 1.40. The van der Waals surface area contributed by atoms with E-state index in [9.17, 15) is 14.4 Å². The van der Waals surface area contributed by atoms with Crippen LogP contribution in [0.4, 0.5) is 0 Å². The molecule has 2 aromatic heterocycles. The summed E-state index contributed by atoms with van der Waals surface area (Å²) in [6, 6.07) is 12.0. The van der Waals surface area contributed by atoms with E-state index in [4.69, 9.17) is 0 Å². The summed E-state index contributed by atoms with van der Waals surface area (Å²) < 4.78 is 3.33. The van der Waals surface area contributed by atoms with E-state index < -0.39 is 0 Å². The van der Waals surface area contributed by atoms with Crippen molar-refractivity contribution in [1.29, 1.82) is 0 Å². The summed E-state index contributed by atoms with van der Waals surface area (Å²) in [5, 5.41) is 11.7. The molecule has 10 heteroatoms. The number of fused-ring (bicyclic) bond motifs is 6. The highest BCUT2D eigenvalue weighted by Crippen LogP contribution is 2.32. The monoisotopic (exact) mass is 531 g/mol. The SMILES string of the molecule is CN1CCNC(=O)C[C@H]2CN(Cc3ccc(C(C)(C)C)cc3)C[C@H]2n2cc(nn2)Cn2cccc(c2=O)C1=O. The van der Waals surface area contributed by atoms with Crippen molar-refractivity contribution in [1.82, 2.24) is 34.7 Å². The number of rotatable bonds is 2. The molecule has 2 aliphatic heterocycles. The predicted molar refractivity (Wildman–Crippen MR) is 147 cm³/mol. The van der Waals surface area contributed by atoms with Crippen LogP contribution >= 0.6 is 0 Å². The predicted octanol–water partition coefficient (Wildman–Crippen LogP) is 2.05. The van der Waals surface area contributed by atoms with Gasteiger partial charge in [-0.1, -0.05) is 50.3 Å². The zero-order valence-electron chi connectivity index (χ0n) is 23.1. The van der Waals surface area contributed by atoms with Gasteiger partial charge in [-0.05, 0) is 28.7 Å². The number of carbonyl (C=O) groups is 2. The lowest BCUT2D eigenvalue weighted by atomic mass is 9.87. The molecule has 2 atom stereocenters. The van der Waals surface area contributed by atoms with E-state index in [2.05, 4.69) is 65.6 Å². The van der Waals surface area contributed by atoms with Crippen LogP contribution in [-0.2, 0) is 23.3 Å². The first-order valence-electron chi connectivity index (χ1n) is 13.5. The fourth-order valence-electron chi connectivity index (χ4n) is 5.47. The number of pyridine rings is 1. The minimum Gasteiger partial charge on any atom is -0.354 e. The van der Waals surface area contributed by atoms with Crippen molar-refractivity contribution in [2.45, 2.75) is 51.7 Å². The van der Waals surface area contributed by atoms with Crippen LogP contribution in [0.15, 0.2) is 53.6 Å². The van der Waals surface area contributed by atoms with Crippen molar-refractivity contribution < 1.29 is 9.59 Å². The van der Waals surface area contributed by atoms with Gasteiger partial charge in [0.15, 0.2) is 0 Å². The Kier molecular flexibility index (Phi) is 7.40. The van der Waals surface area contributed by atoms with Crippen LogP contribution in [-0.4, -0.2) is 74.4 Å². The van der Waals surface area contributed by atoms with Crippen LogP contribution < -0.4 is 10.9 Å². The zero-order chi connectivity index (χ0) is 27.7. The second-order valence-corrected chi connectivity index (χ2v) is 11.8. The molecule has 1 N–H and O–H groups in total. The van der Waals surface area contributed by atoms with Gasteiger partial charge in [0.25, 0.3) is 11.5 Å². The van der Waals surface area contributed by atoms with Crippen molar-refractivity contribution in [2.75, 3.05) is 33.2 Å². The number of likely N-dealkylation sites (tertiary alicyclic amines) is 1. The van der Waals surface area contributed by atoms with Crippen LogP contribution in [0, 0.1) is 5.92 Å². The number of nitrogens with zero attached hydrogens (tertiary/aromatic N) is 6. The van der Waals surface area contributed by atoms with Crippen LogP contribution in [0.25, 0.3) is 0 Å². The van der Waals surface area contributed by atoms with Gasteiger partial charge in [0.2, 0.25) is 5.91 Å². The molecule has 1 aromatic carbocycles. The van der Waals surface area contributed by atoms with Crippen LogP contribution in [0.5, 0.6) is 0 Å². The molecule has 206 valence electrons. The minimum absolute atomic E-state index is 0.0222. The number of aromatic nitrogens is 4. The maximum absolute atomic E-state index is 13.0. The largest absolute Gasteiger partial charge is 0.354 e. The summed E-state index contributed by atoms with van der Waals surface area (Å²) in [7, 11) is 1.64. The molecule has 2 amide bonds. The fourth-order valence-corrected chi connectivity index (χ4v) is 5.47. The van der Waals surface area contributed by atoms with Crippen LogP contribution in [0.1, 0.15) is 60.4 Å². The van der Waals surface area contributed by atoms with E-state index in [-0.39, 0.29) is 46.9 Å². The molecule has 0 saturated carbocycles. The van der Waals surface area contributed by atoms with Crippen molar-refractivity contribution in [3.05, 3.63) is 81.5 Å². The molecule has 4 heterocycles. The Bertz CT molecular complexity index is 1400. The van der Waals surface area contributed by atoms with E-state index in [1.54, 1.807) is 19.3 Å². The molecule has 39 heavy (non-hydrogen) atoms. The summed E-state index contributed by atoms with van der Waals surface area (Å²) in [5.41, 5.74) is 2.98. The Morgan fingerprint density at radius 2 is 1.82 bits per heavy atom. The molecule has 1 saturated heterocycles. The number of benzene rings is 1. The van der Waals surface area contributed by atoms with E-state index in [1.807, 2.05) is 10.9 Å². The molecule has 5 rings (SSSR count). The highest BCUT2D eigenvalue weighted by Gasteiger charge is 2.36. The van der Waals surface area contributed by atoms with Crippen LogP contribution in [0.3, 0.4) is 0 Å². The highest BCUT2D eigenvalue weighted by atomic mass is 16.2.